The van der Waals surface area contributed by atoms with Crippen LogP contribution in [0.3, 0.4) is 0 Å². The predicted molar refractivity (Wildman–Crippen MR) is 112 cm³/mol. The van der Waals surface area contributed by atoms with Gasteiger partial charge in [-0.15, -0.1) is 13.2 Å². The van der Waals surface area contributed by atoms with Crippen molar-refractivity contribution in [2.45, 2.75) is 19.3 Å². The van der Waals surface area contributed by atoms with Crippen molar-refractivity contribution in [3.8, 4) is 23.1 Å². The van der Waals surface area contributed by atoms with Crippen LogP contribution in [0.1, 0.15) is 22.5 Å². The van der Waals surface area contributed by atoms with Crippen molar-refractivity contribution in [3.63, 3.8) is 0 Å². The largest absolute Gasteiger partial charge is 0.573 e. The molecule has 4 rings (SSSR count). The Morgan fingerprint density at radius 3 is 2.44 bits per heavy atom. The van der Waals surface area contributed by atoms with E-state index in [2.05, 4.69) is 20.8 Å². The molecule has 0 aliphatic rings. The normalized spacial score (nSPS) is 11.2. The minimum atomic E-state index is -4.74. The maximum atomic E-state index is 12.5. The van der Waals surface area contributed by atoms with Crippen LogP contribution in [0.15, 0.2) is 79.3 Å². The van der Waals surface area contributed by atoms with Crippen LogP contribution < -0.4 is 4.74 Å². The second-order valence-corrected chi connectivity index (χ2v) is 7.08. The fourth-order valence-electron chi connectivity index (χ4n) is 3.27. The monoisotopic (exact) mass is 434 g/mol. The first-order valence-electron chi connectivity index (χ1n) is 9.70. The van der Waals surface area contributed by atoms with Crippen LogP contribution in [0.2, 0.25) is 0 Å². The Kier molecular flexibility index (Phi) is 5.90. The average molecular weight is 434 g/mol. The number of imidazole rings is 1. The molecule has 0 aliphatic carbocycles. The molecule has 8 heteroatoms. The predicted octanol–water partition coefficient (Wildman–Crippen LogP) is 5.35. The Bertz CT molecular complexity index is 1240. The smallest absolute Gasteiger partial charge is 0.406 e. The van der Waals surface area contributed by atoms with Gasteiger partial charge in [-0.1, -0.05) is 30.3 Å². The molecule has 2 heterocycles. The van der Waals surface area contributed by atoms with Gasteiger partial charge in [0, 0.05) is 30.6 Å². The van der Waals surface area contributed by atoms with Gasteiger partial charge in [0.25, 0.3) is 0 Å². The lowest BCUT2D eigenvalue weighted by Gasteiger charge is -2.11. The summed E-state index contributed by atoms with van der Waals surface area (Å²) in [5.74, 6) is 0.586. The number of halogens is 3. The second kappa shape index (κ2) is 8.94. The van der Waals surface area contributed by atoms with E-state index >= 15 is 0 Å². The van der Waals surface area contributed by atoms with Crippen LogP contribution in [-0.4, -0.2) is 20.9 Å². The highest BCUT2D eigenvalue weighted by molar-refractivity contribution is 5.61. The first-order valence-corrected chi connectivity index (χ1v) is 9.70. The van der Waals surface area contributed by atoms with Crippen molar-refractivity contribution in [3.05, 3.63) is 102 Å². The van der Waals surface area contributed by atoms with Crippen molar-refractivity contribution >= 4 is 0 Å². The number of pyridine rings is 1. The molecular formula is C24H17F3N4O. The Hall–Kier alpha value is -4.12. The highest BCUT2D eigenvalue weighted by Gasteiger charge is 2.31. The first kappa shape index (κ1) is 21.1. The molecule has 0 bridgehead atoms. The second-order valence-electron chi connectivity index (χ2n) is 7.08. The molecule has 0 N–H and O–H groups in total. The number of benzene rings is 2. The lowest BCUT2D eigenvalue weighted by molar-refractivity contribution is -0.274. The molecule has 0 unspecified atom stereocenters. The van der Waals surface area contributed by atoms with Crippen LogP contribution in [0.5, 0.6) is 5.75 Å². The molecule has 2 aromatic carbocycles. The van der Waals surface area contributed by atoms with Crippen LogP contribution in [0, 0.1) is 11.3 Å². The van der Waals surface area contributed by atoms with Crippen LogP contribution in [0.25, 0.3) is 11.3 Å². The average Bonchev–Trinajstić information content (AvgIpc) is 3.20. The Morgan fingerprint density at radius 2 is 1.75 bits per heavy atom. The molecule has 160 valence electrons. The molecule has 0 fully saturated rings. The van der Waals surface area contributed by atoms with Gasteiger partial charge >= 0.3 is 6.36 Å². The summed E-state index contributed by atoms with van der Waals surface area (Å²) in [6, 6.07) is 18.8. The van der Waals surface area contributed by atoms with Crippen molar-refractivity contribution in [2.24, 2.45) is 0 Å². The highest BCUT2D eigenvalue weighted by atomic mass is 19.4. The minimum Gasteiger partial charge on any atom is -0.406 e. The van der Waals surface area contributed by atoms with Gasteiger partial charge in [-0.2, -0.15) is 5.26 Å². The van der Waals surface area contributed by atoms with Crippen LogP contribution >= 0.6 is 0 Å². The number of ether oxygens (including phenoxy) is 1. The third-order valence-corrected chi connectivity index (χ3v) is 4.79. The summed E-state index contributed by atoms with van der Waals surface area (Å²) >= 11 is 0. The summed E-state index contributed by atoms with van der Waals surface area (Å²) in [6.45, 7) is 0.552. The first-order chi connectivity index (χ1) is 15.4. The van der Waals surface area contributed by atoms with Gasteiger partial charge in [0.1, 0.15) is 11.6 Å². The summed E-state index contributed by atoms with van der Waals surface area (Å²) < 4.78 is 43.4. The number of nitrogens with zero attached hydrogens (tertiary/aromatic N) is 4. The lowest BCUT2D eigenvalue weighted by Crippen LogP contribution is -2.17. The van der Waals surface area contributed by atoms with E-state index in [9.17, 15) is 13.2 Å². The third-order valence-electron chi connectivity index (χ3n) is 4.79. The van der Waals surface area contributed by atoms with E-state index < -0.39 is 6.36 Å². The molecule has 32 heavy (non-hydrogen) atoms. The quantitative estimate of drug-likeness (QED) is 0.410. The van der Waals surface area contributed by atoms with Crippen molar-refractivity contribution in [1.29, 1.82) is 5.26 Å². The summed E-state index contributed by atoms with van der Waals surface area (Å²) in [5, 5.41) is 8.92. The van der Waals surface area contributed by atoms with Gasteiger partial charge in [0.2, 0.25) is 0 Å². The lowest BCUT2D eigenvalue weighted by atomic mass is 10.1. The van der Waals surface area contributed by atoms with E-state index in [1.807, 2.05) is 29.0 Å². The van der Waals surface area contributed by atoms with Gasteiger partial charge in [-0.05, 0) is 41.5 Å². The van der Waals surface area contributed by atoms with Crippen molar-refractivity contribution < 1.29 is 17.9 Å². The summed E-state index contributed by atoms with van der Waals surface area (Å²) in [6.07, 6.45) is 1.18. The number of rotatable bonds is 6. The van der Waals surface area contributed by atoms with E-state index in [-0.39, 0.29) is 5.75 Å². The molecule has 0 spiro atoms. The van der Waals surface area contributed by atoms with Crippen molar-refractivity contribution in [1.82, 2.24) is 14.5 Å². The topological polar surface area (TPSA) is 63.7 Å². The van der Waals surface area contributed by atoms with E-state index in [4.69, 9.17) is 5.26 Å². The Morgan fingerprint density at radius 1 is 0.969 bits per heavy atom. The number of aromatic nitrogens is 3. The number of alkyl halides is 3. The van der Waals surface area contributed by atoms with Crippen molar-refractivity contribution in [2.75, 3.05) is 0 Å². The standard InChI is InChI=1S/C24H17F3N4O/c25-24(26,27)32-21-3-1-2-20(13-21)22-9-8-19(15-30-22)16-31-11-10-29-23(31)12-17-4-6-18(14-28)7-5-17/h1-11,13,15H,12,16H2. The third kappa shape index (κ3) is 5.32. The molecule has 2 aromatic heterocycles. The van der Waals surface area contributed by atoms with Crippen LogP contribution in [-0.2, 0) is 13.0 Å². The molecule has 4 aromatic rings. The summed E-state index contributed by atoms with van der Waals surface area (Å²) in [5.41, 5.74) is 3.66. The van der Waals surface area contributed by atoms with E-state index in [0.717, 1.165) is 17.0 Å². The SMILES string of the molecule is N#Cc1ccc(Cc2nccn2Cc2ccc(-c3cccc(OC(F)(F)F)c3)nc2)cc1. The Balaban J connectivity index is 1.46. The fourth-order valence-corrected chi connectivity index (χ4v) is 3.27. The Labute approximate surface area is 182 Å². The zero-order valence-corrected chi connectivity index (χ0v) is 16.8. The number of hydrogen-bond donors (Lipinski definition) is 0. The zero-order chi connectivity index (χ0) is 22.6. The van der Waals surface area contributed by atoms with Gasteiger partial charge in [0.15, 0.2) is 0 Å². The summed E-state index contributed by atoms with van der Waals surface area (Å²) in [7, 11) is 0. The van der Waals surface area contributed by atoms with E-state index in [0.29, 0.717) is 29.8 Å². The molecule has 0 saturated heterocycles. The van der Waals surface area contributed by atoms with Gasteiger partial charge in [0.05, 0.1) is 23.9 Å². The van der Waals surface area contributed by atoms with Crippen LogP contribution in [0.4, 0.5) is 13.2 Å². The molecule has 0 atom stereocenters. The molecule has 0 saturated carbocycles. The molecule has 5 nitrogen and oxygen atoms in total. The molecule has 0 radical (unpaired) electrons. The number of hydrogen-bond acceptors (Lipinski definition) is 4. The van der Waals surface area contributed by atoms with E-state index in [1.54, 1.807) is 36.7 Å². The number of nitriles is 1. The minimum absolute atomic E-state index is 0.285. The molecule has 0 aliphatic heterocycles. The van der Waals surface area contributed by atoms with Gasteiger partial charge in [-0.3, -0.25) is 4.98 Å². The van der Waals surface area contributed by atoms with E-state index in [1.165, 1.54) is 18.2 Å². The summed E-state index contributed by atoms with van der Waals surface area (Å²) in [4.78, 5) is 8.82. The fraction of sp³-hybridized carbons (Fsp3) is 0.125. The van der Waals surface area contributed by atoms with Gasteiger partial charge in [-0.25, -0.2) is 4.98 Å². The van der Waals surface area contributed by atoms with Gasteiger partial charge < -0.3 is 9.30 Å². The molecule has 0 amide bonds. The maximum Gasteiger partial charge on any atom is 0.573 e. The molecular weight excluding hydrogens is 417 g/mol. The maximum absolute atomic E-state index is 12.5. The zero-order valence-electron chi connectivity index (χ0n) is 16.8. The highest BCUT2D eigenvalue weighted by Crippen LogP contribution is 2.27.